The number of rotatable bonds is 7. The maximum atomic E-state index is 13.3. The van der Waals surface area contributed by atoms with Gasteiger partial charge >= 0.3 is 0 Å². The third kappa shape index (κ3) is 6.67. The molecule has 8 heteroatoms. The highest BCUT2D eigenvalue weighted by molar-refractivity contribution is 6.30. The van der Waals surface area contributed by atoms with E-state index in [1.165, 1.54) is 0 Å². The van der Waals surface area contributed by atoms with Crippen molar-refractivity contribution in [3.05, 3.63) is 58.9 Å². The number of carbonyl (C=O) groups is 1. The quantitative estimate of drug-likeness (QED) is 0.617. The number of hydrogen-bond acceptors (Lipinski definition) is 6. The van der Waals surface area contributed by atoms with Crippen molar-refractivity contribution < 1.29 is 14.3 Å². The summed E-state index contributed by atoms with van der Waals surface area (Å²) in [6.45, 7) is 8.40. The fraction of sp³-hybridized carbons (Fsp3) is 0.520. The molecule has 2 saturated heterocycles. The predicted molar refractivity (Wildman–Crippen MR) is 129 cm³/mol. The van der Waals surface area contributed by atoms with E-state index in [0.717, 1.165) is 56.1 Å². The van der Waals surface area contributed by atoms with Crippen LogP contribution in [0.15, 0.2) is 42.7 Å². The number of benzene rings is 1. The molecule has 2 aliphatic heterocycles. The van der Waals surface area contributed by atoms with E-state index in [1.54, 1.807) is 12.1 Å². The summed E-state index contributed by atoms with van der Waals surface area (Å²) in [7, 11) is 2.09. The van der Waals surface area contributed by atoms with Crippen LogP contribution in [0.1, 0.15) is 17.5 Å². The van der Waals surface area contributed by atoms with Crippen molar-refractivity contribution in [1.82, 2.24) is 19.7 Å². The molecule has 0 radical (unpaired) electrons. The Labute approximate surface area is 201 Å². The Morgan fingerprint density at radius 1 is 1.15 bits per heavy atom. The Balaban J connectivity index is 1.48. The molecule has 0 N–H and O–H groups in total. The van der Waals surface area contributed by atoms with Crippen LogP contribution in [0.4, 0.5) is 0 Å². The van der Waals surface area contributed by atoms with Crippen LogP contribution in [0.2, 0.25) is 5.02 Å². The molecule has 3 heterocycles. The molecule has 0 aliphatic carbocycles. The lowest BCUT2D eigenvalue weighted by molar-refractivity contribution is -0.157. The molecule has 0 bridgehead atoms. The Morgan fingerprint density at radius 3 is 2.64 bits per heavy atom. The number of amides is 1. The van der Waals surface area contributed by atoms with Crippen LogP contribution < -0.4 is 4.74 Å². The highest BCUT2D eigenvalue weighted by atomic mass is 35.5. The zero-order valence-electron chi connectivity index (χ0n) is 19.5. The summed E-state index contributed by atoms with van der Waals surface area (Å²) in [5, 5.41) is 0.661. The average Bonchev–Trinajstić information content (AvgIpc) is 2.79. The molecule has 1 atom stereocenters. The van der Waals surface area contributed by atoms with Gasteiger partial charge in [0.2, 0.25) is 5.91 Å². The predicted octanol–water partition coefficient (Wildman–Crippen LogP) is 2.86. The summed E-state index contributed by atoms with van der Waals surface area (Å²) in [5.74, 6) is 0.844. The van der Waals surface area contributed by atoms with Gasteiger partial charge in [-0.1, -0.05) is 17.7 Å². The van der Waals surface area contributed by atoms with Gasteiger partial charge in [-0.2, -0.15) is 0 Å². The summed E-state index contributed by atoms with van der Waals surface area (Å²) in [5.41, 5.74) is 1.59. The third-order valence-electron chi connectivity index (χ3n) is 6.31. The number of halogens is 1. The topological polar surface area (TPSA) is 58.1 Å². The van der Waals surface area contributed by atoms with Crippen LogP contribution in [0.25, 0.3) is 0 Å². The number of morpholine rings is 1. The van der Waals surface area contributed by atoms with Gasteiger partial charge in [0.25, 0.3) is 0 Å². The number of hydrogen-bond donors (Lipinski definition) is 0. The highest BCUT2D eigenvalue weighted by Crippen LogP contribution is 2.27. The first-order chi connectivity index (χ1) is 15.9. The molecule has 2 aliphatic rings. The molecule has 0 saturated carbocycles. The number of likely N-dealkylation sites (N-methyl/N-ethyl adjacent to an activating group) is 1. The smallest absolute Gasteiger partial charge is 0.225 e. The number of pyridine rings is 1. The van der Waals surface area contributed by atoms with Gasteiger partial charge in [-0.05, 0) is 49.4 Å². The lowest BCUT2D eigenvalue weighted by Crippen LogP contribution is -2.58. The Morgan fingerprint density at radius 2 is 1.91 bits per heavy atom. The normalized spacial score (nSPS) is 22.3. The van der Waals surface area contributed by atoms with Gasteiger partial charge in [-0.15, -0.1) is 0 Å². The summed E-state index contributed by atoms with van der Waals surface area (Å²) >= 11 is 6.01. The Bertz CT molecular complexity index is 934. The number of aryl methyl sites for hydroxylation is 1. The van der Waals surface area contributed by atoms with Crippen LogP contribution in [0.3, 0.4) is 0 Å². The number of ether oxygens (including phenoxy) is 2. The molecule has 1 aromatic carbocycles. The van der Waals surface area contributed by atoms with E-state index in [0.29, 0.717) is 31.2 Å². The van der Waals surface area contributed by atoms with Crippen LogP contribution in [0, 0.1) is 6.92 Å². The number of carbonyl (C=O) groups excluding carboxylic acids is 1. The van der Waals surface area contributed by atoms with E-state index < -0.39 is 5.60 Å². The van der Waals surface area contributed by atoms with Crippen LogP contribution in [0.5, 0.6) is 5.75 Å². The standard InChI is InChI=1S/C25H33ClN4O3/c1-20-13-21(16-27-15-20)17-29-11-12-33-25(18-29,19-32-23-5-3-22(26)4-6-23)14-24(31)30-9-7-28(2)8-10-30/h3-6,13,15-16H,7-12,14,17-19H2,1-2H3/t25-/m1/s1. The zero-order valence-corrected chi connectivity index (χ0v) is 20.3. The minimum atomic E-state index is -0.713. The summed E-state index contributed by atoms with van der Waals surface area (Å²) in [6.07, 6.45) is 4.07. The maximum Gasteiger partial charge on any atom is 0.225 e. The van der Waals surface area contributed by atoms with Gasteiger partial charge < -0.3 is 19.3 Å². The number of aromatic nitrogens is 1. The van der Waals surface area contributed by atoms with Crippen LogP contribution >= 0.6 is 11.6 Å². The van der Waals surface area contributed by atoms with Crippen molar-refractivity contribution in [3.63, 3.8) is 0 Å². The Hall–Kier alpha value is -2.19. The summed E-state index contributed by atoms with van der Waals surface area (Å²) in [6, 6.07) is 9.45. The summed E-state index contributed by atoms with van der Waals surface area (Å²) in [4.78, 5) is 24.1. The van der Waals surface area contributed by atoms with E-state index in [4.69, 9.17) is 21.1 Å². The number of nitrogens with zero attached hydrogens (tertiary/aromatic N) is 4. The first kappa shape index (κ1) is 24.0. The zero-order chi connectivity index (χ0) is 23.3. The van der Waals surface area contributed by atoms with Gasteiger partial charge in [0, 0.05) is 63.2 Å². The SMILES string of the molecule is Cc1cncc(CN2CCO[C@](COc3ccc(Cl)cc3)(CC(=O)N3CCN(C)CC3)C2)c1. The lowest BCUT2D eigenvalue weighted by Gasteiger charge is -2.43. The fourth-order valence-corrected chi connectivity index (χ4v) is 4.58. The third-order valence-corrected chi connectivity index (χ3v) is 6.56. The first-order valence-corrected chi connectivity index (χ1v) is 11.9. The molecule has 0 spiro atoms. The van der Waals surface area contributed by atoms with E-state index in [-0.39, 0.29) is 5.91 Å². The molecule has 2 fully saturated rings. The van der Waals surface area contributed by atoms with Gasteiger partial charge in [-0.3, -0.25) is 14.7 Å². The van der Waals surface area contributed by atoms with E-state index >= 15 is 0 Å². The van der Waals surface area contributed by atoms with Crippen molar-refractivity contribution in [1.29, 1.82) is 0 Å². The van der Waals surface area contributed by atoms with Crippen molar-refractivity contribution in [3.8, 4) is 5.75 Å². The maximum absolute atomic E-state index is 13.3. The molecular formula is C25H33ClN4O3. The highest BCUT2D eigenvalue weighted by Gasteiger charge is 2.41. The Kier molecular flexibility index (Phi) is 7.86. The molecule has 7 nitrogen and oxygen atoms in total. The molecule has 33 heavy (non-hydrogen) atoms. The van der Waals surface area contributed by atoms with Crippen molar-refractivity contribution >= 4 is 17.5 Å². The van der Waals surface area contributed by atoms with E-state index in [9.17, 15) is 4.79 Å². The lowest BCUT2D eigenvalue weighted by atomic mass is 9.96. The molecule has 2 aromatic rings. The minimum absolute atomic E-state index is 0.127. The molecule has 0 unspecified atom stereocenters. The minimum Gasteiger partial charge on any atom is -0.491 e. The van der Waals surface area contributed by atoms with Gasteiger partial charge in [0.15, 0.2) is 0 Å². The van der Waals surface area contributed by atoms with Gasteiger partial charge in [-0.25, -0.2) is 0 Å². The fourth-order valence-electron chi connectivity index (χ4n) is 4.45. The van der Waals surface area contributed by atoms with E-state index in [1.807, 2.05) is 29.4 Å². The molecule has 178 valence electrons. The molecule has 4 rings (SSSR count). The summed E-state index contributed by atoms with van der Waals surface area (Å²) < 4.78 is 12.4. The van der Waals surface area contributed by atoms with Crippen molar-refractivity contribution in [2.75, 3.05) is 59.5 Å². The molecule has 1 amide bonds. The first-order valence-electron chi connectivity index (χ1n) is 11.5. The van der Waals surface area contributed by atoms with Crippen molar-refractivity contribution in [2.45, 2.75) is 25.5 Å². The van der Waals surface area contributed by atoms with Crippen molar-refractivity contribution in [2.24, 2.45) is 0 Å². The molecular weight excluding hydrogens is 440 g/mol. The number of piperazine rings is 1. The monoisotopic (exact) mass is 472 g/mol. The van der Waals surface area contributed by atoms with Gasteiger partial charge in [0.1, 0.15) is 18.0 Å². The largest absolute Gasteiger partial charge is 0.491 e. The molecule has 1 aromatic heterocycles. The van der Waals surface area contributed by atoms with Crippen LogP contribution in [-0.2, 0) is 16.1 Å². The van der Waals surface area contributed by atoms with Gasteiger partial charge in [0.05, 0.1) is 13.0 Å². The average molecular weight is 473 g/mol. The van der Waals surface area contributed by atoms with Crippen LogP contribution in [-0.4, -0.2) is 90.7 Å². The second-order valence-electron chi connectivity index (χ2n) is 9.22. The second kappa shape index (κ2) is 10.8. The van der Waals surface area contributed by atoms with E-state index in [2.05, 4.69) is 34.8 Å². The second-order valence-corrected chi connectivity index (χ2v) is 9.65.